The molecule has 26 heavy (non-hydrogen) atoms. The van der Waals surface area contributed by atoms with Gasteiger partial charge in [0.2, 0.25) is 0 Å². The third-order valence-corrected chi connectivity index (χ3v) is 5.46. The van der Waals surface area contributed by atoms with Crippen molar-refractivity contribution in [3.8, 4) is 11.3 Å². The third-order valence-electron chi connectivity index (χ3n) is 4.09. The molecule has 0 fully saturated rings. The van der Waals surface area contributed by atoms with Crippen LogP contribution in [-0.4, -0.2) is 10.9 Å². The van der Waals surface area contributed by atoms with Crippen LogP contribution in [0.2, 0.25) is 0 Å². The molecule has 0 aliphatic carbocycles. The zero-order chi connectivity index (χ0) is 17.9. The Kier molecular flexibility index (Phi) is 4.82. The Morgan fingerprint density at radius 2 is 1.88 bits per heavy atom. The molecular formula is C21H15BrN2OS. The monoisotopic (exact) mass is 422 g/mol. The van der Waals surface area contributed by atoms with Crippen LogP contribution in [0.4, 0.5) is 0 Å². The summed E-state index contributed by atoms with van der Waals surface area (Å²) in [6.07, 6.45) is 0. The first-order valence-corrected chi connectivity index (χ1v) is 9.84. The Hall–Kier alpha value is -2.50. The number of carbonyl (C=O) groups is 1. The van der Waals surface area contributed by atoms with E-state index >= 15 is 0 Å². The van der Waals surface area contributed by atoms with E-state index in [0.29, 0.717) is 12.1 Å². The normalized spacial score (nSPS) is 10.8. The molecule has 2 heterocycles. The predicted octanol–water partition coefficient (Wildman–Crippen LogP) is 5.66. The van der Waals surface area contributed by atoms with Gasteiger partial charge in [0, 0.05) is 20.3 Å². The Bertz CT molecular complexity index is 1060. The standard InChI is InChI=1S/C21H15BrN2OS/c22-15-8-9-19-17(11-15)18(21(25)23-13-16-7-4-10-26-16)12-20(24-19)14-5-2-1-3-6-14/h1-12H,13H2,(H,23,25). The SMILES string of the molecule is O=C(NCc1cccs1)c1cc(-c2ccccc2)nc2ccc(Br)cc12. The smallest absolute Gasteiger partial charge is 0.252 e. The molecule has 5 heteroatoms. The number of nitrogens with one attached hydrogen (secondary N) is 1. The highest BCUT2D eigenvalue weighted by Gasteiger charge is 2.14. The van der Waals surface area contributed by atoms with Crippen molar-refractivity contribution in [3.05, 3.63) is 87.0 Å². The van der Waals surface area contributed by atoms with Gasteiger partial charge in [0.25, 0.3) is 5.91 Å². The maximum atomic E-state index is 12.9. The molecule has 0 aliphatic heterocycles. The van der Waals surface area contributed by atoms with Gasteiger partial charge in [0.15, 0.2) is 0 Å². The zero-order valence-electron chi connectivity index (χ0n) is 13.8. The number of amides is 1. The van der Waals surface area contributed by atoms with E-state index < -0.39 is 0 Å². The molecule has 0 saturated heterocycles. The summed E-state index contributed by atoms with van der Waals surface area (Å²) in [4.78, 5) is 18.8. The van der Waals surface area contributed by atoms with Crippen molar-refractivity contribution in [1.82, 2.24) is 10.3 Å². The summed E-state index contributed by atoms with van der Waals surface area (Å²) in [5, 5.41) is 5.86. The molecule has 128 valence electrons. The molecule has 0 aliphatic rings. The number of benzene rings is 2. The number of pyridine rings is 1. The topological polar surface area (TPSA) is 42.0 Å². The molecule has 0 radical (unpaired) electrons. The van der Waals surface area contributed by atoms with Gasteiger partial charge in [-0.3, -0.25) is 4.79 Å². The Labute approximate surface area is 163 Å². The van der Waals surface area contributed by atoms with E-state index in [4.69, 9.17) is 4.98 Å². The summed E-state index contributed by atoms with van der Waals surface area (Å²) >= 11 is 5.12. The first kappa shape index (κ1) is 16.9. The van der Waals surface area contributed by atoms with Gasteiger partial charge in [-0.2, -0.15) is 0 Å². The van der Waals surface area contributed by atoms with Crippen LogP contribution in [0, 0.1) is 0 Å². The van der Waals surface area contributed by atoms with Crippen LogP contribution >= 0.6 is 27.3 Å². The number of halogens is 1. The molecule has 0 unspecified atom stereocenters. The van der Waals surface area contributed by atoms with Gasteiger partial charge >= 0.3 is 0 Å². The van der Waals surface area contributed by atoms with Crippen LogP contribution in [0.25, 0.3) is 22.2 Å². The molecule has 1 N–H and O–H groups in total. The van der Waals surface area contributed by atoms with Crippen LogP contribution in [0.5, 0.6) is 0 Å². The lowest BCUT2D eigenvalue weighted by molar-refractivity contribution is 0.0953. The lowest BCUT2D eigenvalue weighted by atomic mass is 10.0. The maximum Gasteiger partial charge on any atom is 0.252 e. The lowest BCUT2D eigenvalue weighted by Crippen LogP contribution is -2.22. The number of rotatable bonds is 4. The molecular weight excluding hydrogens is 408 g/mol. The quantitative estimate of drug-likeness (QED) is 0.461. The summed E-state index contributed by atoms with van der Waals surface area (Å²) < 4.78 is 0.923. The summed E-state index contributed by atoms with van der Waals surface area (Å²) in [7, 11) is 0. The molecule has 0 spiro atoms. The molecule has 3 nitrogen and oxygen atoms in total. The van der Waals surface area contributed by atoms with Gasteiger partial charge in [0.1, 0.15) is 0 Å². The van der Waals surface area contributed by atoms with Gasteiger partial charge in [-0.05, 0) is 35.7 Å². The van der Waals surface area contributed by atoms with E-state index in [1.165, 1.54) is 0 Å². The van der Waals surface area contributed by atoms with E-state index in [1.54, 1.807) is 11.3 Å². The number of hydrogen-bond donors (Lipinski definition) is 1. The summed E-state index contributed by atoms with van der Waals surface area (Å²) in [5.74, 6) is -0.0962. The van der Waals surface area contributed by atoms with E-state index in [1.807, 2.05) is 72.1 Å². The number of hydrogen-bond acceptors (Lipinski definition) is 3. The lowest BCUT2D eigenvalue weighted by Gasteiger charge is -2.11. The average molecular weight is 423 g/mol. The van der Waals surface area contributed by atoms with E-state index in [-0.39, 0.29) is 5.91 Å². The number of thiophene rings is 1. The fourth-order valence-corrected chi connectivity index (χ4v) is 3.82. The minimum absolute atomic E-state index is 0.0962. The minimum atomic E-state index is -0.0962. The van der Waals surface area contributed by atoms with Gasteiger partial charge in [-0.15, -0.1) is 11.3 Å². The molecule has 0 bridgehead atoms. The van der Waals surface area contributed by atoms with E-state index in [0.717, 1.165) is 31.5 Å². The van der Waals surface area contributed by atoms with Crippen molar-refractivity contribution in [3.63, 3.8) is 0 Å². The first-order chi connectivity index (χ1) is 12.7. The highest BCUT2D eigenvalue weighted by atomic mass is 79.9. The van der Waals surface area contributed by atoms with Crippen molar-refractivity contribution >= 4 is 44.1 Å². The van der Waals surface area contributed by atoms with E-state index in [9.17, 15) is 4.79 Å². The fraction of sp³-hybridized carbons (Fsp3) is 0.0476. The van der Waals surface area contributed by atoms with Gasteiger partial charge in [-0.25, -0.2) is 4.98 Å². The first-order valence-electron chi connectivity index (χ1n) is 8.17. The highest BCUT2D eigenvalue weighted by Crippen LogP contribution is 2.27. The second-order valence-corrected chi connectivity index (χ2v) is 7.79. The van der Waals surface area contributed by atoms with Crippen molar-refractivity contribution < 1.29 is 4.79 Å². The van der Waals surface area contributed by atoms with Gasteiger partial charge < -0.3 is 5.32 Å². The Morgan fingerprint density at radius 3 is 2.65 bits per heavy atom. The minimum Gasteiger partial charge on any atom is -0.347 e. The van der Waals surface area contributed by atoms with E-state index in [2.05, 4.69) is 21.2 Å². The van der Waals surface area contributed by atoms with Crippen molar-refractivity contribution in [2.45, 2.75) is 6.54 Å². The predicted molar refractivity (Wildman–Crippen MR) is 110 cm³/mol. The maximum absolute atomic E-state index is 12.9. The van der Waals surface area contributed by atoms with Gasteiger partial charge in [0.05, 0.1) is 23.3 Å². The summed E-state index contributed by atoms with van der Waals surface area (Å²) in [5.41, 5.74) is 3.22. The highest BCUT2D eigenvalue weighted by molar-refractivity contribution is 9.10. The molecule has 2 aromatic carbocycles. The van der Waals surface area contributed by atoms with Gasteiger partial charge in [-0.1, -0.05) is 52.3 Å². The molecule has 0 atom stereocenters. The van der Waals surface area contributed by atoms with Crippen molar-refractivity contribution in [1.29, 1.82) is 0 Å². The summed E-state index contributed by atoms with van der Waals surface area (Å²) in [6.45, 7) is 0.523. The molecule has 0 saturated carbocycles. The number of aromatic nitrogens is 1. The third kappa shape index (κ3) is 3.54. The fourth-order valence-electron chi connectivity index (χ4n) is 2.82. The largest absolute Gasteiger partial charge is 0.347 e. The van der Waals surface area contributed by atoms with Crippen LogP contribution in [0.3, 0.4) is 0 Å². The van der Waals surface area contributed by atoms with Crippen LogP contribution in [0.1, 0.15) is 15.2 Å². The Balaban J connectivity index is 1.77. The average Bonchev–Trinajstić information content (AvgIpc) is 3.19. The number of nitrogens with zero attached hydrogens (tertiary/aromatic N) is 1. The number of carbonyl (C=O) groups excluding carboxylic acids is 1. The van der Waals surface area contributed by atoms with Crippen LogP contribution in [-0.2, 0) is 6.54 Å². The molecule has 4 rings (SSSR count). The van der Waals surface area contributed by atoms with Crippen LogP contribution < -0.4 is 5.32 Å². The molecule has 1 amide bonds. The van der Waals surface area contributed by atoms with Crippen molar-refractivity contribution in [2.24, 2.45) is 0 Å². The van der Waals surface area contributed by atoms with Crippen LogP contribution in [0.15, 0.2) is 76.6 Å². The summed E-state index contributed by atoms with van der Waals surface area (Å²) in [6, 6.07) is 21.6. The Morgan fingerprint density at radius 1 is 1.04 bits per heavy atom. The molecule has 4 aromatic rings. The second-order valence-electron chi connectivity index (χ2n) is 5.84. The zero-order valence-corrected chi connectivity index (χ0v) is 16.2. The second kappa shape index (κ2) is 7.40. The number of fused-ring (bicyclic) bond motifs is 1. The van der Waals surface area contributed by atoms with Crippen molar-refractivity contribution in [2.75, 3.05) is 0 Å². The molecule has 2 aromatic heterocycles.